The van der Waals surface area contributed by atoms with Gasteiger partial charge in [-0.1, -0.05) is 0 Å². The van der Waals surface area contributed by atoms with Gasteiger partial charge in [-0.3, -0.25) is 9.69 Å². The van der Waals surface area contributed by atoms with Crippen LogP contribution in [0.2, 0.25) is 0 Å². The zero-order valence-electron chi connectivity index (χ0n) is 12.9. The summed E-state index contributed by atoms with van der Waals surface area (Å²) >= 11 is 0. The lowest BCUT2D eigenvalue weighted by molar-refractivity contribution is -0.123. The number of rotatable bonds is 6. The minimum Gasteiger partial charge on any atom is -0.381 e. The number of carbonyl (C=O) groups excluding carboxylic acids is 1. The van der Waals surface area contributed by atoms with Gasteiger partial charge in [-0.2, -0.15) is 0 Å². The van der Waals surface area contributed by atoms with E-state index in [0.29, 0.717) is 17.8 Å². The van der Waals surface area contributed by atoms with E-state index in [1.807, 2.05) is 0 Å². The third-order valence-corrected chi connectivity index (χ3v) is 5.01. The van der Waals surface area contributed by atoms with Crippen LogP contribution in [-0.2, 0) is 14.3 Å². The van der Waals surface area contributed by atoms with E-state index in [1.165, 1.54) is 12.8 Å². The van der Waals surface area contributed by atoms with E-state index in [-0.39, 0.29) is 5.91 Å². The molecule has 1 atom stereocenters. The second kappa shape index (κ2) is 7.07. The predicted molar refractivity (Wildman–Crippen MR) is 80.1 cm³/mol. The molecule has 0 aromatic heterocycles. The minimum absolute atomic E-state index is 0.207. The highest BCUT2D eigenvalue weighted by atomic mass is 16.5. The number of hydrogen-bond donors (Lipinski definition) is 1. The van der Waals surface area contributed by atoms with Gasteiger partial charge in [0.25, 0.3) is 0 Å². The summed E-state index contributed by atoms with van der Waals surface area (Å²) in [6.07, 6.45) is 5.35. The zero-order valence-corrected chi connectivity index (χ0v) is 12.9. The second-order valence-electron chi connectivity index (χ2n) is 6.95. The van der Waals surface area contributed by atoms with Gasteiger partial charge in [-0.15, -0.1) is 0 Å². The molecule has 1 unspecified atom stereocenters. The number of ether oxygens (including phenoxy) is 2. The second-order valence-corrected chi connectivity index (χ2v) is 6.95. The van der Waals surface area contributed by atoms with Crippen molar-refractivity contribution in [3.05, 3.63) is 0 Å². The van der Waals surface area contributed by atoms with Gasteiger partial charge in [-0.25, -0.2) is 0 Å². The first kappa shape index (κ1) is 15.3. The van der Waals surface area contributed by atoms with Gasteiger partial charge in [0.15, 0.2) is 0 Å². The van der Waals surface area contributed by atoms with Crippen molar-refractivity contribution >= 4 is 5.91 Å². The number of nitrogens with zero attached hydrogens (tertiary/aromatic N) is 1. The van der Waals surface area contributed by atoms with E-state index < -0.39 is 0 Å². The normalized spacial score (nSPS) is 29.0. The molecule has 1 N–H and O–H groups in total. The van der Waals surface area contributed by atoms with Crippen LogP contribution in [0, 0.1) is 11.3 Å². The summed E-state index contributed by atoms with van der Waals surface area (Å²) in [5.41, 5.74) is 0.343. The Bertz CT molecular complexity index is 345. The van der Waals surface area contributed by atoms with Gasteiger partial charge in [0, 0.05) is 51.2 Å². The third kappa shape index (κ3) is 4.66. The Balaban J connectivity index is 1.36. The van der Waals surface area contributed by atoms with E-state index >= 15 is 0 Å². The lowest BCUT2D eigenvalue weighted by Gasteiger charge is -2.30. The number of hydrogen-bond acceptors (Lipinski definition) is 4. The van der Waals surface area contributed by atoms with Crippen LogP contribution < -0.4 is 5.32 Å². The summed E-state index contributed by atoms with van der Waals surface area (Å²) < 4.78 is 10.8. The fourth-order valence-electron chi connectivity index (χ4n) is 3.39. The van der Waals surface area contributed by atoms with Crippen molar-refractivity contribution < 1.29 is 14.3 Å². The Morgan fingerprint density at radius 1 is 1.19 bits per heavy atom. The highest BCUT2D eigenvalue weighted by molar-refractivity contribution is 5.76. The maximum Gasteiger partial charge on any atom is 0.220 e. The average Bonchev–Trinajstić information content (AvgIpc) is 3.27. The molecule has 3 aliphatic rings. The Hall–Kier alpha value is -0.650. The smallest absolute Gasteiger partial charge is 0.220 e. The van der Waals surface area contributed by atoms with Crippen LogP contribution >= 0.6 is 0 Å². The Kier molecular flexibility index (Phi) is 5.14. The molecule has 2 saturated heterocycles. The number of morpholine rings is 1. The molecule has 0 radical (unpaired) electrons. The predicted octanol–water partition coefficient (Wildman–Crippen LogP) is 1.03. The number of amides is 1. The van der Waals surface area contributed by atoms with Crippen LogP contribution in [0.4, 0.5) is 0 Å². The van der Waals surface area contributed by atoms with Gasteiger partial charge in [-0.05, 0) is 31.6 Å². The van der Waals surface area contributed by atoms with Crippen LogP contribution in [0.5, 0.6) is 0 Å². The van der Waals surface area contributed by atoms with Gasteiger partial charge >= 0.3 is 0 Å². The zero-order chi connectivity index (χ0) is 14.5. The molecule has 21 heavy (non-hydrogen) atoms. The molecule has 3 rings (SSSR count). The van der Waals surface area contributed by atoms with Crippen LogP contribution in [0.3, 0.4) is 0 Å². The highest BCUT2D eigenvalue weighted by Gasteiger charge is 2.44. The Labute approximate surface area is 127 Å². The van der Waals surface area contributed by atoms with E-state index in [9.17, 15) is 4.79 Å². The molecule has 0 aromatic rings. The quantitative estimate of drug-likeness (QED) is 0.795. The molecule has 1 amide bonds. The van der Waals surface area contributed by atoms with Crippen molar-refractivity contribution in [2.24, 2.45) is 11.3 Å². The molecule has 3 fully saturated rings. The first-order chi connectivity index (χ1) is 10.3. The van der Waals surface area contributed by atoms with E-state index in [4.69, 9.17) is 9.47 Å². The average molecular weight is 296 g/mol. The van der Waals surface area contributed by atoms with Gasteiger partial charge in [0.2, 0.25) is 5.91 Å². The molecule has 5 nitrogen and oxygen atoms in total. The molecule has 2 aliphatic heterocycles. The molecule has 1 aliphatic carbocycles. The summed E-state index contributed by atoms with van der Waals surface area (Å²) in [4.78, 5) is 14.6. The van der Waals surface area contributed by atoms with Crippen LogP contribution in [0.15, 0.2) is 0 Å². The molecular formula is C16H28N2O3. The molecule has 0 bridgehead atoms. The van der Waals surface area contributed by atoms with Crippen molar-refractivity contribution in [2.75, 3.05) is 52.6 Å². The van der Waals surface area contributed by atoms with E-state index in [0.717, 1.165) is 65.4 Å². The van der Waals surface area contributed by atoms with Crippen molar-refractivity contribution in [1.82, 2.24) is 10.2 Å². The lowest BCUT2D eigenvalue weighted by atomic mass is 9.98. The molecule has 120 valence electrons. The van der Waals surface area contributed by atoms with Crippen LogP contribution in [0.1, 0.15) is 32.1 Å². The standard InChI is InChI=1S/C16H28N2O3/c19-15(10-14-2-1-7-21-11-14)17-12-16(3-4-16)13-18-5-8-20-9-6-18/h14H,1-13H2,(H,17,19). The number of nitrogens with one attached hydrogen (secondary N) is 1. The molecule has 5 heteroatoms. The van der Waals surface area contributed by atoms with Crippen LogP contribution in [0.25, 0.3) is 0 Å². The SMILES string of the molecule is O=C(CC1CCCOC1)NCC1(CN2CCOCC2)CC1. The van der Waals surface area contributed by atoms with Crippen molar-refractivity contribution in [1.29, 1.82) is 0 Å². The highest BCUT2D eigenvalue weighted by Crippen LogP contribution is 2.45. The van der Waals surface area contributed by atoms with Gasteiger partial charge < -0.3 is 14.8 Å². The molecule has 0 aromatic carbocycles. The molecule has 2 heterocycles. The van der Waals surface area contributed by atoms with Crippen molar-refractivity contribution in [3.63, 3.8) is 0 Å². The molecule has 0 spiro atoms. The Morgan fingerprint density at radius 2 is 2.00 bits per heavy atom. The molecular weight excluding hydrogens is 268 g/mol. The van der Waals surface area contributed by atoms with Gasteiger partial charge in [0.1, 0.15) is 0 Å². The largest absolute Gasteiger partial charge is 0.381 e. The third-order valence-electron chi connectivity index (χ3n) is 5.01. The van der Waals surface area contributed by atoms with E-state index in [1.54, 1.807) is 0 Å². The summed E-state index contributed by atoms with van der Waals surface area (Å²) in [6, 6.07) is 0. The van der Waals surface area contributed by atoms with Crippen LogP contribution in [-0.4, -0.2) is 63.4 Å². The topological polar surface area (TPSA) is 50.8 Å². The Morgan fingerprint density at radius 3 is 2.67 bits per heavy atom. The maximum absolute atomic E-state index is 12.1. The van der Waals surface area contributed by atoms with Crippen molar-refractivity contribution in [3.8, 4) is 0 Å². The lowest BCUT2D eigenvalue weighted by Crippen LogP contribution is -2.43. The maximum atomic E-state index is 12.1. The fourth-order valence-corrected chi connectivity index (χ4v) is 3.39. The summed E-state index contributed by atoms with van der Waals surface area (Å²) in [7, 11) is 0. The number of carbonyl (C=O) groups is 1. The first-order valence-corrected chi connectivity index (χ1v) is 8.40. The molecule has 1 saturated carbocycles. The van der Waals surface area contributed by atoms with E-state index in [2.05, 4.69) is 10.2 Å². The summed E-state index contributed by atoms with van der Waals surface area (Å²) in [5, 5.41) is 3.17. The monoisotopic (exact) mass is 296 g/mol. The van der Waals surface area contributed by atoms with Crippen molar-refractivity contribution in [2.45, 2.75) is 32.1 Å². The summed E-state index contributed by atoms with van der Waals surface area (Å²) in [5.74, 6) is 0.631. The first-order valence-electron chi connectivity index (χ1n) is 8.40. The summed E-state index contributed by atoms with van der Waals surface area (Å²) in [6.45, 7) is 7.35. The fraction of sp³-hybridized carbons (Fsp3) is 0.938. The van der Waals surface area contributed by atoms with Gasteiger partial charge in [0.05, 0.1) is 13.2 Å². The minimum atomic E-state index is 0.207.